The van der Waals surface area contributed by atoms with E-state index in [9.17, 15) is 9.18 Å². The molecule has 3 aromatic heterocycles. The number of rotatable bonds is 5. The van der Waals surface area contributed by atoms with Crippen LogP contribution in [0.2, 0.25) is 5.02 Å². The number of benzene rings is 2. The topological polar surface area (TPSA) is 72.7 Å². The van der Waals surface area contributed by atoms with E-state index in [4.69, 9.17) is 16.6 Å². The molecule has 1 amide bonds. The summed E-state index contributed by atoms with van der Waals surface area (Å²) in [5.41, 5.74) is 3.26. The Balaban J connectivity index is 1.62. The second kappa shape index (κ2) is 8.80. The van der Waals surface area contributed by atoms with E-state index in [0.29, 0.717) is 28.8 Å². The number of hydrogen-bond acceptors (Lipinski definition) is 4. The van der Waals surface area contributed by atoms with Crippen molar-refractivity contribution in [2.24, 2.45) is 0 Å². The van der Waals surface area contributed by atoms with Crippen LogP contribution in [0.25, 0.3) is 22.3 Å². The van der Waals surface area contributed by atoms with Crippen LogP contribution in [0.3, 0.4) is 0 Å². The van der Waals surface area contributed by atoms with Gasteiger partial charge in [-0.2, -0.15) is 5.10 Å². The molecule has 1 N–H and O–H groups in total. The van der Waals surface area contributed by atoms with Crippen LogP contribution in [0.1, 0.15) is 15.9 Å². The van der Waals surface area contributed by atoms with Gasteiger partial charge in [0.25, 0.3) is 5.91 Å². The molecule has 0 bridgehead atoms. The zero-order chi connectivity index (χ0) is 22.8. The smallest absolute Gasteiger partial charge is 0.256 e. The molecule has 0 unspecified atom stereocenters. The Morgan fingerprint density at radius 3 is 2.67 bits per heavy atom. The second-order valence-electron chi connectivity index (χ2n) is 7.38. The van der Waals surface area contributed by atoms with Crippen molar-refractivity contribution in [3.63, 3.8) is 0 Å². The first-order chi connectivity index (χ1) is 16.1. The minimum Gasteiger partial charge on any atom is -0.319 e. The van der Waals surface area contributed by atoms with Crippen molar-refractivity contribution in [3.05, 3.63) is 107 Å². The molecule has 5 rings (SSSR count). The fraction of sp³-hybridized carbons (Fsp3) is 0.0400. The summed E-state index contributed by atoms with van der Waals surface area (Å²) in [4.78, 5) is 22.2. The summed E-state index contributed by atoms with van der Waals surface area (Å²) in [5, 5.41) is 7.57. The largest absolute Gasteiger partial charge is 0.319 e. The lowest BCUT2D eigenvalue weighted by Gasteiger charge is -2.11. The minimum atomic E-state index is -0.687. The normalized spacial score (nSPS) is 11.0. The molecule has 6 nitrogen and oxygen atoms in total. The number of nitrogens with one attached hydrogen (secondary N) is 1. The summed E-state index contributed by atoms with van der Waals surface area (Å²) in [6.45, 7) is 0.437. The van der Waals surface area contributed by atoms with E-state index >= 15 is 0 Å². The summed E-state index contributed by atoms with van der Waals surface area (Å²) >= 11 is 5.87. The lowest BCUT2D eigenvalue weighted by atomic mass is 10.1. The molecule has 0 saturated heterocycles. The number of hydrogen-bond donors (Lipinski definition) is 1. The molecule has 0 aliphatic heterocycles. The quantitative estimate of drug-likeness (QED) is 0.373. The van der Waals surface area contributed by atoms with E-state index in [1.807, 2.05) is 42.5 Å². The molecule has 3 heterocycles. The number of halogens is 2. The number of pyridine rings is 2. The van der Waals surface area contributed by atoms with E-state index in [1.165, 1.54) is 12.1 Å². The highest BCUT2D eigenvalue weighted by Crippen LogP contribution is 2.27. The monoisotopic (exact) mass is 457 g/mol. The van der Waals surface area contributed by atoms with Gasteiger partial charge in [0.05, 0.1) is 40.1 Å². The van der Waals surface area contributed by atoms with Gasteiger partial charge >= 0.3 is 0 Å². The Labute approximate surface area is 193 Å². The van der Waals surface area contributed by atoms with Gasteiger partial charge in [-0.1, -0.05) is 54.1 Å². The number of carbonyl (C=O) groups excluding carboxylic acids is 1. The lowest BCUT2D eigenvalue weighted by Crippen LogP contribution is -2.14. The standard InChI is InChI=1S/C25H17ClFN5O/c26-20-9-4-10-21(23(20)27)31-25(33)18-12-22(17-7-2-1-3-8-17)30-24-19(18)14-29-32(24)15-16-6-5-11-28-13-16/h1-14H,15H2,(H,31,33). The van der Waals surface area contributed by atoms with E-state index in [2.05, 4.69) is 15.4 Å². The first-order valence-corrected chi connectivity index (χ1v) is 10.5. The maximum absolute atomic E-state index is 14.4. The summed E-state index contributed by atoms with van der Waals surface area (Å²) in [6.07, 6.45) is 5.05. The van der Waals surface area contributed by atoms with Crippen molar-refractivity contribution in [1.29, 1.82) is 0 Å². The number of nitrogens with zero attached hydrogens (tertiary/aromatic N) is 4. The van der Waals surface area contributed by atoms with Crippen molar-refractivity contribution in [3.8, 4) is 11.3 Å². The average molecular weight is 458 g/mol. The van der Waals surface area contributed by atoms with Crippen molar-refractivity contribution in [2.75, 3.05) is 5.32 Å². The number of carbonyl (C=O) groups is 1. The molecule has 0 saturated carbocycles. The number of fused-ring (bicyclic) bond motifs is 1. The molecule has 0 aliphatic rings. The predicted octanol–water partition coefficient (Wildman–Crippen LogP) is 5.59. The summed E-state index contributed by atoms with van der Waals surface area (Å²) < 4.78 is 16.1. The van der Waals surface area contributed by atoms with Gasteiger partial charge in [-0.3, -0.25) is 9.78 Å². The highest BCUT2D eigenvalue weighted by atomic mass is 35.5. The molecular formula is C25H17ClFN5O. The molecule has 0 fully saturated rings. The molecule has 0 aliphatic carbocycles. The third-order valence-electron chi connectivity index (χ3n) is 5.18. The third-order valence-corrected chi connectivity index (χ3v) is 5.47. The van der Waals surface area contributed by atoms with E-state index < -0.39 is 11.7 Å². The van der Waals surface area contributed by atoms with Gasteiger partial charge in [-0.05, 0) is 29.8 Å². The van der Waals surface area contributed by atoms with Crippen LogP contribution in [-0.4, -0.2) is 25.7 Å². The van der Waals surface area contributed by atoms with Gasteiger partial charge in [-0.15, -0.1) is 0 Å². The molecule has 5 aromatic rings. The molecule has 0 atom stereocenters. The number of amides is 1. The zero-order valence-electron chi connectivity index (χ0n) is 17.2. The fourth-order valence-corrected chi connectivity index (χ4v) is 3.74. The zero-order valence-corrected chi connectivity index (χ0v) is 18.0. The summed E-state index contributed by atoms with van der Waals surface area (Å²) in [5.74, 6) is -1.17. The molecule has 33 heavy (non-hydrogen) atoms. The van der Waals surface area contributed by atoms with Crippen molar-refractivity contribution < 1.29 is 9.18 Å². The molecule has 0 spiro atoms. The predicted molar refractivity (Wildman–Crippen MR) is 126 cm³/mol. The summed E-state index contributed by atoms with van der Waals surface area (Å²) in [7, 11) is 0. The highest BCUT2D eigenvalue weighted by molar-refractivity contribution is 6.31. The second-order valence-corrected chi connectivity index (χ2v) is 7.78. The maximum atomic E-state index is 14.4. The van der Waals surface area contributed by atoms with Crippen molar-refractivity contribution in [1.82, 2.24) is 19.7 Å². The van der Waals surface area contributed by atoms with Gasteiger partial charge in [0.15, 0.2) is 11.5 Å². The molecule has 8 heteroatoms. The van der Waals surface area contributed by atoms with Crippen LogP contribution < -0.4 is 5.32 Å². The van der Waals surface area contributed by atoms with Crippen LogP contribution in [-0.2, 0) is 6.54 Å². The molecular weight excluding hydrogens is 441 g/mol. The minimum absolute atomic E-state index is 0.00137. The first kappa shape index (κ1) is 20.8. The van der Waals surface area contributed by atoms with Crippen molar-refractivity contribution in [2.45, 2.75) is 6.54 Å². The Morgan fingerprint density at radius 2 is 1.88 bits per heavy atom. The van der Waals surface area contributed by atoms with E-state index in [-0.39, 0.29) is 10.7 Å². The van der Waals surface area contributed by atoms with Crippen molar-refractivity contribution >= 4 is 34.2 Å². The highest BCUT2D eigenvalue weighted by Gasteiger charge is 2.19. The van der Waals surface area contributed by atoms with Crippen LogP contribution in [0.5, 0.6) is 0 Å². The summed E-state index contributed by atoms with van der Waals surface area (Å²) in [6, 6.07) is 19.5. The Morgan fingerprint density at radius 1 is 1.03 bits per heavy atom. The Kier molecular flexibility index (Phi) is 5.54. The number of anilines is 1. The third kappa shape index (κ3) is 4.18. The maximum Gasteiger partial charge on any atom is 0.256 e. The molecule has 0 radical (unpaired) electrons. The number of aromatic nitrogens is 4. The van der Waals surface area contributed by atoms with Gasteiger partial charge in [0.2, 0.25) is 0 Å². The van der Waals surface area contributed by atoms with Crippen LogP contribution in [0.15, 0.2) is 85.3 Å². The van der Waals surface area contributed by atoms with E-state index in [1.54, 1.807) is 35.4 Å². The van der Waals surface area contributed by atoms with Crippen LogP contribution in [0, 0.1) is 5.82 Å². The Hall–Kier alpha value is -4.10. The molecule has 162 valence electrons. The van der Waals surface area contributed by atoms with Gasteiger partial charge in [-0.25, -0.2) is 14.1 Å². The molecule has 2 aromatic carbocycles. The average Bonchev–Trinajstić information content (AvgIpc) is 3.25. The van der Waals surface area contributed by atoms with Crippen LogP contribution in [0.4, 0.5) is 10.1 Å². The van der Waals surface area contributed by atoms with Crippen LogP contribution >= 0.6 is 11.6 Å². The lowest BCUT2D eigenvalue weighted by molar-refractivity contribution is 0.102. The van der Waals surface area contributed by atoms with Gasteiger partial charge in [0, 0.05) is 18.0 Å². The van der Waals surface area contributed by atoms with Gasteiger partial charge in [0.1, 0.15) is 0 Å². The first-order valence-electron chi connectivity index (χ1n) is 10.2. The van der Waals surface area contributed by atoms with Gasteiger partial charge < -0.3 is 5.32 Å². The SMILES string of the molecule is O=C(Nc1cccc(Cl)c1F)c1cc(-c2ccccc2)nc2c1cnn2Cc1cccnc1. The fourth-order valence-electron chi connectivity index (χ4n) is 3.56. The van der Waals surface area contributed by atoms with E-state index in [0.717, 1.165) is 11.1 Å². The Bertz CT molecular complexity index is 1450.